The molecule has 2 atom stereocenters. The summed E-state index contributed by atoms with van der Waals surface area (Å²) in [5.74, 6) is 1.98. The SMILES string of the molecule is BrCC1COC2(CCSC2)O1. The van der Waals surface area contributed by atoms with Crippen LogP contribution in [0.5, 0.6) is 0 Å². The van der Waals surface area contributed by atoms with Gasteiger partial charge in [-0.25, -0.2) is 0 Å². The minimum Gasteiger partial charge on any atom is -0.346 e. The third kappa shape index (κ3) is 1.59. The molecule has 0 N–H and O–H groups in total. The van der Waals surface area contributed by atoms with Crippen LogP contribution in [0.2, 0.25) is 0 Å². The number of hydrogen-bond donors (Lipinski definition) is 0. The van der Waals surface area contributed by atoms with Crippen LogP contribution in [-0.2, 0) is 9.47 Å². The first-order valence-electron chi connectivity index (χ1n) is 3.80. The standard InChI is InChI=1S/C7H11BrO2S/c8-3-6-4-9-7(10-6)1-2-11-5-7/h6H,1-5H2. The second-order valence-corrected chi connectivity index (χ2v) is 4.67. The summed E-state index contributed by atoms with van der Waals surface area (Å²) >= 11 is 5.31. The third-order valence-corrected chi connectivity index (χ3v) is 3.89. The highest BCUT2D eigenvalue weighted by Gasteiger charge is 2.43. The van der Waals surface area contributed by atoms with Crippen molar-refractivity contribution >= 4 is 27.7 Å². The van der Waals surface area contributed by atoms with E-state index in [-0.39, 0.29) is 11.9 Å². The van der Waals surface area contributed by atoms with Gasteiger partial charge in [-0.15, -0.1) is 0 Å². The topological polar surface area (TPSA) is 18.5 Å². The van der Waals surface area contributed by atoms with Crippen LogP contribution in [0.25, 0.3) is 0 Å². The van der Waals surface area contributed by atoms with E-state index in [0.29, 0.717) is 0 Å². The lowest BCUT2D eigenvalue weighted by molar-refractivity contribution is -0.143. The Hall–Kier alpha value is 0.750. The van der Waals surface area contributed by atoms with Crippen LogP contribution in [0.3, 0.4) is 0 Å². The molecule has 2 aliphatic heterocycles. The smallest absolute Gasteiger partial charge is 0.178 e. The normalized spacial score (nSPS) is 43.9. The van der Waals surface area contributed by atoms with E-state index in [0.717, 1.165) is 24.1 Å². The molecule has 64 valence electrons. The van der Waals surface area contributed by atoms with Crippen molar-refractivity contribution in [1.29, 1.82) is 0 Å². The Bertz CT molecular complexity index is 147. The highest BCUT2D eigenvalue weighted by Crippen LogP contribution is 2.37. The summed E-state index contributed by atoms with van der Waals surface area (Å²) in [6.45, 7) is 0.756. The summed E-state index contributed by atoms with van der Waals surface area (Å²) in [4.78, 5) is 0. The molecule has 0 saturated carbocycles. The molecule has 11 heavy (non-hydrogen) atoms. The molecule has 0 amide bonds. The van der Waals surface area contributed by atoms with Gasteiger partial charge in [0.25, 0.3) is 0 Å². The average Bonchev–Trinajstić information content (AvgIpc) is 2.62. The Labute approximate surface area is 79.1 Å². The van der Waals surface area contributed by atoms with Crippen molar-refractivity contribution in [2.45, 2.75) is 18.3 Å². The zero-order valence-electron chi connectivity index (χ0n) is 6.22. The van der Waals surface area contributed by atoms with Gasteiger partial charge in [0.1, 0.15) is 0 Å². The zero-order chi connectivity index (χ0) is 7.73. The van der Waals surface area contributed by atoms with Crippen LogP contribution in [0.1, 0.15) is 6.42 Å². The summed E-state index contributed by atoms with van der Waals surface area (Å²) in [5.41, 5.74) is 0. The van der Waals surface area contributed by atoms with Gasteiger partial charge in [-0.05, 0) is 5.75 Å². The van der Waals surface area contributed by atoms with Gasteiger partial charge < -0.3 is 9.47 Å². The maximum atomic E-state index is 5.77. The van der Waals surface area contributed by atoms with Crippen LogP contribution in [0, 0.1) is 0 Å². The summed E-state index contributed by atoms with van der Waals surface area (Å²) in [7, 11) is 0. The van der Waals surface area contributed by atoms with Gasteiger partial charge in [0.05, 0.1) is 12.7 Å². The van der Waals surface area contributed by atoms with Crippen molar-refractivity contribution in [3.63, 3.8) is 0 Å². The molecule has 0 aliphatic carbocycles. The van der Waals surface area contributed by atoms with Gasteiger partial charge in [-0.2, -0.15) is 11.8 Å². The fourth-order valence-corrected chi connectivity index (χ4v) is 2.95. The minimum atomic E-state index is -0.205. The van der Waals surface area contributed by atoms with Crippen molar-refractivity contribution < 1.29 is 9.47 Å². The highest BCUT2D eigenvalue weighted by molar-refractivity contribution is 9.09. The van der Waals surface area contributed by atoms with Crippen LogP contribution >= 0.6 is 27.7 Å². The number of ether oxygens (including phenoxy) is 2. The largest absolute Gasteiger partial charge is 0.346 e. The number of thioether (sulfide) groups is 1. The van der Waals surface area contributed by atoms with Gasteiger partial charge in [0.2, 0.25) is 0 Å². The second-order valence-electron chi connectivity index (χ2n) is 2.92. The maximum Gasteiger partial charge on any atom is 0.178 e. The Morgan fingerprint density at radius 3 is 3.09 bits per heavy atom. The first-order chi connectivity index (χ1) is 5.35. The average molecular weight is 239 g/mol. The summed E-state index contributed by atoms with van der Waals surface area (Å²) in [5, 5.41) is 0.888. The van der Waals surface area contributed by atoms with Crippen LogP contribution in [0.15, 0.2) is 0 Å². The van der Waals surface area contributed by atoms with Gasteiger partial charge in [-0.1, -0.05) is 15.9 Å². The predicted octanol–water partition coefficient (Wildman–Crippen LogP) is 1.63. The molecule has 2 fully saturated rings. The fourth-order valence-electron chi connectivity index (χ4n) is 1.43. The summed E-state index contributed by atoms with van der Waals surface area (Å²) < 4.78 is 11.4. The van der Waals surface area contributed by atoms with Crippen molar-refractivity contribution in [2.24, 2.45) is 0 Å². The van der Waals surface area contributed by atoms with E-state index in [2.05, 4.69) is 15.9 Å². The van der Waals surface area contributed by atoms with Gasteiger partial charge in [0.15, 0.2) is 5.79 Å². The molecule has 0 bridgehead atoms. The van der Waals surface area contributed by atoms with Gasteiger partial charge in [-0.3, -0.25) is 0 Å². The van der Waals surface area contributed by atoms with Crippen molar-refractivity contribution in [3.05, 3.63) is 0 Å². The Morgan fingerprint density at radius 2 is 2.55 bits per heavy atom. The molecule has 1 spiro atoms. The Morgan fingerprint density at radius 1 is 1.64 bits per heavy atom. The molecular formula is C7H11BrO2S. The quantitative estimate of drug-likeness (QED) is 0.648. The summed E-state index contributed by atoms with van der Waals surface area (Å²) in [6, 6.07) is 0. The molecule has 2 heterocycles. The van der Waals surface area contributed by atoms with E-state index in [1.54, 1.807) is 0 Å². The Balaban J connectivity index is 1.96. The molecule has 2 saturated heterocycles. The number of hydrogen-bond acceptors (Lipinski definition) is 3. The molecule has 2 aliphatic rings. The van der Waals surface area contributed by atoms with E-state index in [9.17, 15) is 0 Å². The van der Waals surface area contributed by atoms with Gasteiger partial charge >= 0.3 is 0 Å². The van der Waals surface area contributed by atoms with Crippen LogP contribution in [-0.4, -0.2) is 35.3 Å². The first-order valence-corrected chi connectivity index (χ1v) is 6.08. The van der Waals surface area contributed by atoms with Crippen LogP contribution in [0.4, 0.5) is 0 Å². The molecule has 0 radical (unpaired) electrons. The fraction of sp³-hybridized carbons (Fsp3) is 1.00. The summed E-state index contributed by atoms with van der Waals surface area (Å²) in [6.07, 6.45) is 1.33. The maximum absolute atomic E-state index is 5.77. The Kier molecular flexibility index (Phi) is 2.46. The lowest BCUT2D eigenvalue weighted by Gasteiger charge is -2.20. The predicted molar refractivity (Wildman–Crippen MR) is 49.3 cm³/mol. The molecular weight excluding hydrogens is 228 g/mol. The van der Waals surface area contributed by atoms with Crippen molar-refractivity contribution in [3.8, 4) is 0 Å². The molecule has 4 heteroatoms. The molecule has 0 aromatic rings. The monoisotopic (exact) mass is 238 g/mol. The number of alkyl halides is 1. The molecule has 2 rings (SSSR count). The van der Waals surface area contributed by atoms with Crippen LogP contribution < -0.4 is 0 Å². The lowest BCUT2D eigenvalue weighted by atomic mass is 10.2. The van der Waals surface area contributed by atoms with E-state index in [1.165, 1.54) is 5.75 Å². The zero-order valence-corrected chi connectivity index (χ0v) is 8.62. The van der Waals surface area contributed by atoms with Gasteiger partial charge in [0, 0.05) is 17.5 Å². The van der Waals surface area contributed by atoms with E-state index in [4.69, 9.17) is 9.47 Å². The highest BCUT2D eigenvalue weighted by atomic mass is 79.9. The van der Waals surface area contributed by atoms with E-state index < -0.39 is 0 Å². The van der Waals surface area contributed by atoms with E-state index in [1.807, 2.05) is 11.8 Å². The number of rotatable bonds is 1. The molecule has 0 aromatic heterocycles. The number of halogens is 1. The van der Waals surface area contributed by atoms with E-state index >= 15 is 0 Å². The first kappa shape index (κ1) is 8.35. The van der Waals surface area contributed by atoms with Crippen molar-refractivity contribution in [1.82, 2.24) is 0 Å². The lowest BCUT2D eigenvalue weighted by Crippen LogP contribution is -2.30. The minimum absolute atomic E-state index is 0.205. The molecule has 2 unspecified atom stereocenters. The van der Waals surface area contributed by atoms with Crippen molar-refractivity contribution in [2.75, 3.05) is 23.4 Å². The second kappa shape index (κ2) is 3.24. The molecule has 0 aromatic carbocycles. The third-order valence-electron chi connectivity index (χ3n) is 2.04. The molecule has 2 nitrogen and oxygen atoms in total.